The molecule has 0 saturated heterocycles. The van der Waals surface area contributed by atoms with Gasteiger partial charge in [0.25, 0.3) is 0 Å². The van der Waals surface area contributed by atoms with E-state index in [-0.39, 0.29) is 0 Å². The average molecular weight is 174 g/mol. The van der Waals surface area contributed by atoms with Gasteiger partial charge in [-0.15, -0.1) is 0 Å². The largest absolute Gasteiger partial charge is 0.281 e. The number of hydrogen-bond donors (Lipinski definition) is 1. The molecule has 2 nitrogen and oxygen atoms in total. The summed E-state index contributed by atoms with van der Waals surface area (Å²) in [5.41, 5.74) is 3.64. The minimum atomic E-state index is 1.08. The van der Waals surface area contributed by atoms with E-state index in [4.69, 9.17) is 0 Å². The molecule has 0 spiro atoms. The fourth-order valence-corrected chi connectivity index (χ4v) is 1.62. The van der Waals surface area contributed by atoms with Gasteiger partial charge in [-0.25, -0.2) is 0 Å². The lowest BCUT2D eigenvalue weighted by atomic mass is 10.1. The van der Waals surface area contributed by atoms with Crippen molar-refractivity contribution in [2.45, 2.75) is 26.7 Å². The number of benzene rings is 1. The molecule has 0 bridgehead atoms. The van der Waals surface area contributed by atoms with Crippen molar-refractivity contribution in [1.29, 1.82) is 0 Å². The highest BCUT2D eigenvalue weighted by Crippen LogP contribution is 2.18. The zero-order chi connectivity index (χ0) is 9.26. The summed E-state index contributed by atoms with van der Waals surface area (Å²) in [6.07, 6.45) is 2.24. The van der Waals surface area contributed by atoms with Gasteiger partial charge in [-0.1, -0.05) is 25.0 Å². The van der Waals surface area contributed by atoms with Gasteiger partial charge in [-0.05, 0) is 25.5 Å². The van der Waals surface area contributed by atoms with E-state index >= 15 is 0 Å². The molecule has 2 heteroatoms. The van der Waals surface area contributed by atoms with Crippen molar-refractivity contribution in [3.05, 3.63) is 29.5 Å². The minimum Gasteiger partial charge on any atom is -0.281 e. The van der Waals surface area contributed by atoms with Crippen LogP contribution in [0.5, 0.6) is 0 Å². The smallest absolute Gasteiger partial charge is 0.0923 e. The molecule has 1 aromatic heterocycles. The summed E-state index contributed by atoms with van der Waals surface area (Å²) in [5.74, 6) is 0. The Bertz CT molecular complexity index is 415. The van der Waals surface area contributed by atoms with Crippen LogP contribution in [0.1, 0.15) is 24.6 Å². The van der Waals surface area contributed by atoms with Gasteiger partial charge in [-0.2, -0.15) is 5.10 Å². The normalized spacial score (nSPS) is 10.9. The quantitative estimate of drug-likeness (QED) is 0.745. The van der Waals surface area contributed by atoms with E-state index < -0.39 is 0 Å². The van der Waals surface area contributed by atoms with Gasteiger partial charge in [0.05, 0.1) is 5.52 Å². The van der Waals surface area contributed by atoms with Gasteiger partial charge in [0.15, 0.2) is 0 Å². The van der Waals surface area contributed by atoms with Gasteiger partial charge in [0.1, 0.15) is 0 Å². The Hall–Kier alpha value is -1.31. The van der Waals surface area contributed by atoms with Crippen molar-refractivity contribution in [3.8, 4) is 0 Å². The maximum Gasteiger partial charge on any atom is 0.0923 e. The Morgan fingerprint density at radius 3 is 3.00 bits per heavy atom. The average Bonchev–Trinajstić information content (AvgIpc) is 2.49. The first-order chi connectivity index (χ1) is 6.31. The van der Waals surface area contributed by atoms with Crippen LogP contribution in [0.2, 0.25) is 0 Å². The molecule has 0 aliphatic carbocycles. The second kappa shape index (κ2) is 3.21. The SMILES string of the molecule is CCCc1[nH]nc2ccc(C)cc12. The zero-order valence-electron chi connectivity index (χ0n) is 8.09. The fourth-order valence-electron chi connectivity index (χ4n) is 1.62. The third kappa shape index (κ3) is 1.44. The molecule has 2 aromatic rings. The minimum absolute atomic E-state index is 1.08. The van der Waals surface area contributed by atoms with Crippen LogP contribution in [0, 0.1) is 6.92 Å². The number of nitrogens with zero attached hydrogens (tertiary/aromatic N) is 1. The molecule has 13 heavy (non-hydrogen) atoms. The molecule has 68 valence electrons. The summed E-state index contributed by atoms with van der Waals surface area (Å²) in [7, 11) is 0. The standard InChI is InChI=1S/C11H14N2/c1-3-4-10-9-7-8(2)5-6-11(9)13-12-10/h5-7H,3-4H2,1-2H3,(H,12,13). The Kier molecular flexibility index (Phi) is 2.05. The molecule has 1 N–H and O–H groups in total. The third-order valence-corrected chi connectivity index (χ3v) is 2.29. The summed E-state index contributed by atoms with van der Waals surface area (Å²) in [5, 5.41) is 8.62. The van der Waals surface area contributed by atoms with Gasteiger partial charge in [-0.3, -0.25) is 5.10 Å². The van der Waals surface area contributed by atoms with Crippen LogP contribution >= 0.6 is 0 Å². The molecular formula is C11H14N2. The van der Waals surface area contributed by atoms with Gasteiger partial charge in [0, 0.05) is 11.1 Å². The summed E-state index contributed by atoms with van der Waals surface area (Å²) < 4.78 is 0. The number of H-pyrrole nitrogens is 1. The van der Waals surface area contributed by atoms with Crippen molar-refractivity contribution in [3.63, 3.8) is 0 Å². The van der Waals surface area contributed by atoms with Crippen LogP contribution in [0.4, 0.5) is 0 Å². The van der Waals surface area contributed by atoms with E-state index in [0.29, 0.717) is 0 Å². The van der Waals surface area contributed by atoms with Crippen molar-refractivity contribution in [2.24, 2.45) is 0 Å². The van der Waals surface area contributed by atoms with E-state index in [9.17, 15) is 0 Å². The number of aromatic nitrogens is 2. The predicted octanol–water partition coefficient (Wildman–Crippen LogP) is 2.82. The summed E-state index contributed by atoms with van der Waals surface area (Å²) in [6.45, 7) is 4.30. The molecule has 0 radical (unpaired) electrons. The summed E-state index contributed by atoms with van der Waals surface area (Å²) >= 11 is 0. The third-order valence-electron chi connectivity index (χ3n) is 2.29. The van der Waals surface area contributed by atoms with Gasteiger partial charge in [0.2, 0.25) is 0 Å². The molecule has 2 rings (SSSR count). The first kappa shape index (κ1) is 8.30. The Morgan fingerprint density at radius 2 is 2.23 bits per heavy atom. The van der Waals surface area contributed by atoms with Crippen molar-refractivity contribution in [1.82, 2.24) is 10.2 Å². The first-order valence-corrected chi connectivity index (χ1v) is 4.75. The number of fused-ring (bicyclic) bond motifs is 1. The number of aryl methyl sites for hydroxylation is 2. The first-order valence-electron chi connectivity index (χ1n) is 4.75. The Morgan fingerprint density at radius 1 is 1.38 bits per heavy atom. The molecule has 0 fully saturated rings. The number of aromatic amines is 1. The second-order valence-corrected chi connectivity index (χ2v) is 3.47. The van der Waals surface area contributed by atoms with E-state index in [1.807, 2.05) is 0 Å². The lowest BCUT2D eigenvalue weighted by molar-refractivity contribution is 0.874. The van der Waals surface area contributed by atoms with E-state index in [0.717, 1.165) is 18.4 Å². The molecule has 0 saturated carbocycles. The predicted molar refractivity (Wildman–Crippen MR) is 54.8 cm³/mol. The van der Waals surface area contributed by atoms with Crippen LogP contribution in [0.25, 0.3) is 10.9 Å². The van der Waals surface area contributed by atoms with E-state index in [1.54, 1.807) is 0 Å². The Balaban J connectivity index is 2.58. The zero-order valence-corrected chi connectivity index (χ0v) is 8.09. The fraction of sp³-hybridized carbons (Fsp3) is 0.364. The van der Waals surface area contributed by atoms with Crippen molar-refractivity contribution < 1.29 is 0 Å². The number of hydrogen-bond acceptors (Lipinski definition) is 1. The molecule has 1 heterocycles. The highest BCUT2D eigenvalue weighted by atomic mass is 15.1. The van der Waals surface area contributed by atoms with Gasteiger partial charge >= 0.3 is 0 Å². The topological polar surface area (TPSA) is 28.7 Å². The number of rotatable bonds is 2. The van der Waals surface area contributed by atoms with Crippen LogP contribution in [0.15, 0.2) is 18.2 Å². The monoisotopic (exact) mass is 174 g/mol. The molecule has 1 aromatic carbocycles. The maximum absolute atomic E-state index is 4.25. The van der Waals surface area contributed by atoms with Gasteiger partial charge < -0.3 is 0 Å². The van der Waals surface area contributed by atoms with E-state index in [2.05, 4.69) is 42.2 Å². The summed E-state index contributed by atoms with van der Waals surface area (Å²) in [6, 6.07) is 6.36. The highest BCUT2D eigenvalue weighted by Gasteiger charge is 2.03. The van der Waals surface area contributed by atoms with Crippen LogP contribution < -0.4 is 0 Å². The summed E-state index contributed by atoms with van der Waals surface area (Å²) in [4.78, 5) is 0. The lowest BCUT2D eigenvalue weighted by Gasteiger charge is -1.95. The van der Waals surface area contributed by atoms with Crippen molar-refractivity contribution >= 4 is 10.9 Å². The molecular weight excluding hydrogens is 160 g/mol. The van der Waals surface area contributed by atoms with Crippen LogP contribution in [-0.2, 0) is 6.42 Å². The molecule has 0 unspecified atom stereocenters. The van der Waals surface area contributed by atoms with E-state index in [1.165, 1.54) is 16.6 Å². The van der Waals surface area contributed by atoms with Crippen LogP contribution in [-0.4, -0.2) is 10.2 Å². The lowest BCUT2D eigenvalue weighted by Crippen LogP contribution is -1.83. The molecule has 0 aliphatic heterocycles. The Labute approximate surface area is 78.0 Å². The second-order valence-electron chi connectivity index (χ2n) is 3.47. The molecule has 0 amide bonds. The number of nitrogens with one attached hydrogen (secondary N) is 1. The maximum atomic E-state index is 4.25. The highest BCUT2D eigenvalue weighted by molar-refractivity contribution is 5.81. The molecule has 0 aliphatic rings. The molecule has 0 atom stereocenters. The van der Waals surface area contributed by atoms with Crippen molar-refractivity contribution in [2.75, 3.05) is 0 Å². The van der Waals surface area contributed by atoms with Crippen LogP contribution in [0.3, 0.4) is 0 Å².